The summed E-state index contributed by atoms with van der Waals surface area (Å²) in [5.41, 5.74) is 0. The lowest BCUT2D eigenvalue weighted by molar-refractivity contribution is 0.213. The molecule has 1 aliphatic rings. The summed E-state index contributed by atoms with van der Waals surface area (Å²) >= 11 is 0. The molecule has 0 bridgehead atoms. The number of guanidine groups is 1. The fourth-order valence-corrected chi connectivity index (χ4v) is 3.27. The highest BCUT2D eigenvalue weighted by Crippen LogP contribution is 2.17. The molecule has 138 valence electrons. The normalized spacial score (nSPS) is 16.9. The Morgan fingerprint density at radius 1 is 1.12 bits per heavy atom. The zero-order chi connectivity index (χ0) is 16.5. The summed E-state index contributed by atoms with van der Waals surface area (Å²) in [5, 5.41) is 6.93. The van der Waals surface area contributed by atoms with Crippen molar-refractivity contribution in [2.45, 2.75) is 45.7 Å². The molecular formula is C18H34IN5. The molecule has 0 saturated carbocycles. The van der Waals surface area contributed by atoms with Gasteiger partial charge in [0.05, 0.1) is 0 Å². The Morgan fingerprint density at radius 3 is 2.38 bits per heavy atom. The molecule has 1 saturated heterocycles. The summed E-state index contributed by atoms with van der Waals surface area (Å²) in [4.78, 5) is 6.99. The average Bonchev–Trinajstić information content (AvgIpc) is 3.21. The van der Waals surface area contributed by atoms with Gasteiger partial charge in [-0.25, -0.2) is 0 Å². The van der Waals surface area contributed by atoms with Crippen molar-refractivity contribution >= 4 is 29.9 Å². The largest absolute Gasteiger partial charge is 0.355 e. The van der Waals surface area contributed by atoms with Crippen LogP contribution in [0.4, 0.5) is 0 Å². The van der Waals surface area contributed by atoms with E-state index in [2.05, 4.69) is 63.5 Å². The van der Waals surface area contributed by atoms with Crippen LogP contribution in [0, 0.1) is 5.92 Å². The molecule has 2 rings (SSSR count). The number of hydrogen-bond acceptors (Lipinski definition) is 2. The van der Waals surface area contributed by atoms with E-state index in [1.54, 1.807) is 0 Å². The van der Waals surface area contributed by atoms with Crippen molar-refractivity contribution in [3.05, 3.63) is 24.5 Å². The fourth-order valence-electron chi connectivity index (χ4n) is 3.27. The molecule has 6 heteroatoms. The topological polar surface area (TPSA) is 44.6 Å². The third-order valence-electron chi connectivity index (χ3n) is 4.46. The first-order chi connectivity index (χ1) is 11.2. The van der Waals surface area contributed by atoms with Gasteiger partial charge < -0.3 is 15.2 Å². The number of hydrogen-bond donors (Lipinski definition) is 2. The van der Waals surface area contributed by atoms with Crippen molar-refractivity contribution < 1.29 is 0 Å². The third-order valence-corrected chi connectivity index (χ3v) is 4.46. The minimum Gasteiger partial charge on any atom is -0.355 e. The van der Waals surface area contributed by atoms with E-state index in [1.165, 1.54) is 32.4 Å². The van der Waals surface area contributed by atoms with Gasteiger partial charge in [0, 0.05) is 45.1 Å². The molecule has 24 heavy (non-hydrogen) atoms. The van der Waals surface area contributed by atoms with Crippen molar-refractivity contribution in [3.63, 3.8) is 0 Å². The number of nitrogens with one attached hydrogen (secondary N) is 2. The Hall–Kier alpha value is -0.760. The van der Waals surface area contributed by atoms with Gasteiger partial charge >= 0.3 is 0 Å². The van der Waals surface area contributed by atoms with Crippen molar-refractivity contribution in [1.82, 2.24) is 20.1 Å². The maximum absolute atomic E-state index is 4.35. The van der Waals surface area contributed by atoms with Crippen LogP contribution in [0.2, 0.25) is 0 Å². The Morgan fingerprint density at radius 2 is 1.79 bits per heavy atom. The lowest BCUT2D eigenvalue weighted by atomic mass is 10.0. The summed E-state index contributed by atoms with van der Waals surface area (Å²) in [6.45, 7) is 9.93. The number of aliphatic imine (C=N–C) groups is 1. The molecule has 1 fully saturated rings. The summed E-state index contributed by atoms with van der Waals surface area (Å²) in [6, 6.07) is 4.72. The van der Waals surface area contributed by atoms with Gasteiger partial charge in [0.25, 0.3) is 0 Å². The fraction of sp³-hybridized carbons (Fsp3) is 0.722. The molecule has 1 aromatic heterocycles. The molecule has 1 unspecified atom stereocenters. The predicted molar refractivity (Wildman–Crippen MR) is 113 cm³/mol. The highest BCUT2D eigenvalue weighted by molar-refractivity contribution is 14.0. The SMILES string of the molecule is CN=C(NCCn1cccc1)NCC(CC(C)C)N1CCCC1.I. The van der Waals surface area contributed by atoms with Crippen LogP contribution in [0.5, 0.6) is 0 Å². The van der Waals surface area contributed by atoms with Gasteiger partial charge in [0.2, 0.25) is 0 Å². The molecule has 2 heterocycles. The molecule has 0 aliphatic carbocycles. The molecule has 5 nitrogen and oxygen atoms in total. The van der Waals surface area contributed by atoms with E-state index in [9.17, 15) is 0 Å². The first kappa shape index (κ1) is 21.3. The van der Waals surface area contributed by atoms with Gasteiger partial charge in [0.1, 0.15) is 0 Å². The van der Waals surface area contributed by atoms with Crippen LogP contribution in [-0.2, 0) is 6.54 Å². The second kappa shape index (κ2) is 11.7. The van der Waals surface area contributed by atoms with Gasteiger partial charge in [-0.3, -0.25) is 9.89 Å². The van der Waals surface area contributed by atoms with E-state index >= 15 is 0 Å². The standard InChI is InChI=1S/C18H33N5.HI/c1-16(2)14-17(23-11-6-7-12-23)15-21-18(19-3)20-8-13-22-9-4-5-10-22;/h4-5,9-10,16-17H,6-8,11-15H2,1-3H3,(H2,19,20,21);1H. The highest BCUT2D eigenvalue weighted by Gasteiger charge is 2.22. The summed E-state index contributed by atoms with van der Waals surface area (Å²) in [6.07, 6.45) is 8.11. The zero-order valence-electron chi connectivity index (χ0n) is 15.4. The van der Waals surface area contributed by atoms with E-state index in [0.29, 0.717) is 6.04 Å². The molecule has 0 radical (unpaired) electrons. The van der Waals surface area contributed by atoms with Crippen LogP contribution in [-0.4, -0.2) is 54.7 Å². The zero-order valence-corrected chi connectivity index (χ0v) is 17.7. The minimum absolute atomic E-state index is 0. The predicted octanol–water partition coefficient (Wildman–Crippen LogP) is 2.78. The average molecular weight is 447 g/mol. The van der Waals surface area contributed by atoms with E-state index in [1.807, 2.05) is 7.05 Å². The number of aromatic nitrogens is 1. The van der Waals surface area contributed by atoms with E-state index < -0.39 is 0 Å². The summed E-state index contributed by atoms with van der Waals surface area (Å²) in [7, 11) is 1.85. The Labute approximate surface area is 164 Å². The molecular weight excluding hydrogens is 413 g/mol. The van der Waals surface area contributed by atoms with Crippen LogP contribution in [0.3, 0.4) is 0 Å². The molecule has 1 aliphatic heterocycles. The smallest absolute Gasteiger partial charge is 0.191 e. The first-order valence-electron chi connectivity index (χ1n) is 8.98. The monoisotopic (exact) mass is 447 g/mol. The van der Waals surface area contributed by atoms with Crippen LogP contribution in [0.15, 0.2) is 29.5 Å². The minimum atomic E-state index is 0. The van der Waals surface area contributed by atoms with Gasteiger partial charge in [-0.2, -0.15) is 0 Å². The summed E-state index contributed by atoms with van der Waals surface area (Å²) in [5.74, 6) is 1.64. The quantitative estimate of drug-likeness (QED) is 0.366. The van der Waals surface area contributed by atoms with Crippen LogP contribution in [0.1, 0.15) is 33.1 Å². The van der Waals surface area contributed by atoms with Crippen LogP contribution in [0.25, 0.3) is 0 Å². The third kappa shape index (κ3) is 7.42. The second-order valence-corrected chi connectivity index (χ2v) is 6.83. The lowest BCUT2D eigenvalue weighted by Gasteiger charge is -2.29. The molecule has 2 N–H and O–H groups in total. The van der Waals surface area contributed by atoms with Crippen LogP contribution >= 0.6 is 24.0 Å². The van der Waals surface area contributed by atoms with Gasteiger partial charge in [-0.15, -0.1) is 24.0 Å². The molecule has 1 atom stereocenters. The number of halogens is 1. The number of rotatable bonds is 8. The Balaban J connectivity index is 0.00000288. The first-order valence-corrected chi connectivity index (χ1v) is 8.98. The van der Waals surface area contributed by atoms with Crippen molar-refractivity contribution in [2.75, 3.05) is 33.2 Å². The molecule has 0 aromatic carbocycles. The molecule has 0 spiro atoms. The molecule has 0 amide bonds. The summed E-state index contributed by atoms with van der Waals surface area (Å²) < 4.78 is 2.17. The maximum Gasteiger partial charge on any atom is 0.191 e. The Bertz CT molecular complexity index is 452. The Kier molecular flexibility index (Phi) is 10.4. The molecule has 1 aromatic rings. The van der Waals surface area contributed by atoms with E-state index in [-0.39, 0.29) is 24.0 Å². The number of likely N-dealkylation sites (tertiary alicyclic amines) is 1. The van der Waals surface area contributed by atoms with Gasteiger partial charge in [-0.1, -0.05) is 13.8 Å². The van der Waals surface area contributed by atoms with Crippen molar-refractivity contribution in [2.24, 2.45) is 10.9 Å². The van der Waals surface area contributed by atoms with Crippen molar-refractivity contribution in [1.29, 1.82) is 0 Å². The van der Waals surface area contributed by atoms with Gasteiger partial charge in [0.15, 0.2) is 5.96 Å². The maximum atomic E-state index is 4.35. The van der Waals surface area contributed by atoms with E-state index in [0.717, 1.165) is 31.5 Å². The van der Waals surface area contributed by atoms with Crippen molar-refractivity contribution in [3.8, 4) is 0 Å². The lowest BCUT2D eigenvalue weighted by Crippen LogP contribution is -2.47. The highest BCUT2D eigenvalue weighted by atomic mass is 127. The van der Waals surface area contributed by atoms with Crippen LogP contribution < -0.4 is 10.6 Å². The van der Waals surface area contributed by atoms with Gasteiger partial charge in [-0.05, 0) is 50.4 Å². The van der Waals surface area contributed by atoms with E-state index in [4.69, 9.17) is 0 Å². The second-order valence-electron chi connectivity index (χ2n) is 6.83. The number of nitrogens with zero attached hydrogens (tertiary/aromatic N) is 3.